The molecule has 1 aromatic heterocycles. The highest BCUT2D eigenvalue weighted by Crippen LogP contribution is 2.20. The van der Waals surface area contributed by atoms with E-state index in [4.69, 9.17) is 0 Å². The van der Waals surface area contributed by atoms with E-state index in [-0.39, 0.29) is 6.10 Å². The second-order valence-corrected chi connectivity index (χ2v) is 7.42. The summed E-state index contributed by atoms with van der Waals surface area (Å²) in [6.45, 7) is 7.68. The van der Waals surface area contributed by atoms with E-state index in [0.717, 1.165) is 57.4 Å². The van der Waals surface area contributed by atoms with Crippen molar-refractivity contribution in [3.8, 4) is 0 Å². The Morgan fingerprint density at radius 1 is 1.08 bits per heavy atom. The lowest BCUT2D eigenvalue weighted by atomic mass is 10.1. The predicted octanol–water partition coefficient (Wildman–Crippen LogP) is 0.511. The van der Waals surface area contributed by atoms with Crippen LogP contribution in [0, 0.1) is 0 Å². The molecule has 25 heavy (non-hydrogen) atoms. The topological polar surface area (TPSA) is 59.0 Å². The van der Waals surface area contributed by atoms with E-state index in [9.17, 15) is 5.11 Å². The van der Waals surface area contributed by atoms with Crippen LogP contribution < -0.4 is 9.80 Å². The number of β-amino-alcohol motifs (C(OH)–C–C–N with tert-alkyl or cyclic N) is 1. The summed E-state index contributed by atoms with van der Waals surface area (Å²) in [5, 5.41) is 10.5. The van der Waals surface area contributed by atoms with Gasteiger partial charge in [-0.15, -0.1) is 0 Å². The van der Waals surface area contributed by atoms with Gasteiger partial charge >= 0.3 is 0 Å². The zero-order chi connectivity index (χ0) is 17.6. The van der Waals surface area contributed by atoms with Crippen LogP contribution in [0.15, 0.2) is 12.4 Å². The highest BCUT2D eigenvalue weighted by molar-refractivity contribution is 5.49. The third-order valence-corrected chi connectivity index (χ3v) is 5.26. The van der Waals surface area contributed by atoms with E-state index >= 15 is 0 Å². The molecule has 3 heterocycles. The monoisotopic (exact) mass is 348 g/mol. The number of anilines is 2. The van der Waals surface area contributed by atoms with Gasteiger partial charge in [0.2, 0.25) is 0 Å². The first-order valence-corrected chi connectivity index (χ1v) is 9.49. The lowest BCUT2D eigenvalue weighted by Gasteiger charge is -2.34. The van der Waals surface area contributed by atoms with Crippen molar-refractivity contribution in [2.24, 2.45) is 0 Å². The molecule has 0 aliphatic carbocycles. The van der Waals surface area contributed by atoms with Crippen LogP contribution in [0.4, 0.5) is 11.6 Å². The Morgan fingerprint density at radius 3 is 2.52 bits per heavy atom. The normalized spacial score (nSPS) is 21.3. The Labute approximate surface area is 151 Å². The second kappa shape index (κ2) is 8.78. The third kappa shape index (κ3) is 5.26. The number of aromatic nitrogens is 2. The van der Waals surface area contributed by atoms with Crippen LogP contribution in [0.25, 0.3) is 0 Å². The van der Waals surface area contributed by atoms with Crippen LogP contribution in [0.3, 0.4) is 0 Å². The molecule has 0 amide bonds. The first-order valence-electron chi connectivity index (χ1n) is 9.49. The maximum atomic E-state index is 10.5. The first-order chi connectivity index (χ1) is 12.1. The maximum absolute atomic E-state index is 10.5. The average Bonchev–Trinajstić information content (AvgIpc) is 2.64. The van der Waals surface area contributed by atoms with Gasteiger partial charge in [-0.05, 0) is 26.3 Å². The maximum Gasteiger partial charge on any atom is 0.134 e. The van der Waals surface area contributed by atoms with Crippen LogP contribution in [-0.4, -0.2) is 97.4 Å². The van der Waals surface area contributed by atoms with Crippen LogP contribution in [0.2, 0.25) is 0 Å². The molecule has 1 aromatic rings. The van der Waals surface area contributed by atoms with Crippen molar-refractivity contribution < 1.29 is 5.11 Å². The van der Waals surface area contributed by atoms with Gasteiger partial charge in [-0.3, -0.25) is 4.90 Å². The zero-order valence-electron chi connectivity index (χ0n) is 15.6. The fourth-order valence-corrected chi connectivity index (χ4v) is 3.64. The molecule has 0 aromatic carbocycles. The van der Waals surface area contributed by atoms with Gasteiger partial charge in [0.25, 0.3) is 0 Å². The van der Waals surface area contributed by atoms with E-state index in [0.29, 0.717) is 6.54 Å². The molecule has 0 unspecified atom stereocenters. The number of piperidine rings is 1. The number of hydrogen-bond acceptors (Lipinski definition) is 7. The molecule has 0 bridgehead atoms. The number of likely N-dealkylation sites (N-methyl/N-ethyl adjacent to an activating group) is 2. The molecular weight excluding hydrogens is 316 g/mol. The Morgan fingerprint density at radius 2 is 1.80 bits per heavy atom. The van der Waals surface area contributed by atoms with E-state index in [1.54, 1.807) is 6.33 Å². The molecular formula is C18H32N6O. The predicted molar refractivity (Wildman–Crippen MR) is 101 cm³/mol. The largest absolute Gasteiger partial charge is 0.390 e. The molecule has 0 spiro atoms. The SMILES string of the molecule is CN1CCN(C[C@@H](O)CN(C)c2cc(N3CCCCC3)ncn2)CC1. The van der Waals surface area contributed by atoms with Gasteiger partial charge in [-0.2, -0.15) is 0 Å². The van der Waals surface area contributed by atoms with Gasteiger partial charge < -0.3 is 19.8 Å². The molecule has 1 atom stereocenters. The number of rotatable bonds is 6. The minimum Gasteiger partial charge on any atom is -0.390 e. The number of hydrogen-bond donors (Lipinski definition) is 1. The lowest BCUT2D eigenvalue weighted by molar-refractivity contribution is 0.0842. The molecule has 0 radical (unpaired) electrons. The molecule has 2 aliphatic heterocycles. The summed E-state index contributed by atoms with van der Waals surface area (Å²) in [4.78, 5) is 17.9. The molecule has 7 nitrogen and oxygen atoms in total. The van der Waals surface area contributed by atoms with Gasteiger partial charge in [-0.25, -0.2) is 9.97 Å². The molecule has 0 saturated carbocycles. The Bertz CT molecular complexity index is 528. The summed E-state index contributed by atoms with van der Waals surface area (Å²) in [6, 6.07) is 2.05. The van der Waals surface area contributed by atoms with Crippen molar-refractivity contribution in [1.29, 1.82) is 0 Å². The van der Waals surface area contributed by atoms with E-state index in [1.807, 2.05) is 18.0 Å². The smallest absolute Gasteiger partial charge is 0.134 e. The van der Waals surface area contributed by atoms with Crippen LogP contribution in [0.1, 0.15) is 19.3 Å². The standard InChI is InChI=1S/C18H32N6O/c1-21-8-10-23(11-9-21)14-16(25)13-22(2)17-12-18(20-15-19-17)24-6-4-3-5-7-24/h12,15-16,25H,3-11,13-14H2,1-2H3/t16-/m0/s1. The Kier molecular flexibility index (Phi) is 6.45. The number of aliphatic hydroxyl groups excluding tert-OH is 1. The van der Waals surface area contributed by atoms with Gasteiger partial charge in [0.05, 0.1) is 6.10 Å². The molecule has 2 aliphatic rings. The van der Waals surface area contributed by atoms with E-state index in [2.05, 4.69) is 31.7 Å². The highest BCUT2D eigenvalue weighted by Gasteiger charge is 2.19. The molecule has 2 saturated heterocycles. The average molecular weight is 348 g/mol. The third-order valence-electron chi connectivity index (χ3n) is 5.26. The van der Waals surface area contributed by atoms with Crippen LogP contribution in [0.5, 0.6) is 0 Å². The fraction of sp³-hybridized carbons (Fsp3) is 0.778. The van der Waals surface area contributed by atoms with Gasteiger partial charge in [0.1, 0.15) is 18.0 Å². The minimum absolute atomic E-state index is 0.373. The minimum atomic E-state index is -0.373. The van der Waals surface area contributed by atoms with Crippen molar-refractivity contribution in [2.75, 3.05) is 76.3 Å². The van der Waals surface area contributed by atoms with Gasteiger partial charge in [0.15, 0.2) is 0 Å². The molecule has 140 valence electrons. The van der Waals surface area contributed by atoms with Crippen molar-refractivity contribution >= 4 is 11.6 Å². The molecule has 7 heteroatoms. The van der Waals surface area contributed by atoms with Gasteiger partial charge in [-0.1, -0.05) is 0 Å². The van der Waals surface area contributed by atoms with Crippen molar-refractivity contribution in [2.45, 2.75) is 25.4 Å². The Hall–Kier alpha value is -1.44. The van der Waals surface area contributed by atoms with Crippen LogP contribution in [-0.2, 0) is 0 Å². The van der Waals surface area contributed by atoms with Gasteiger partial charge in [0, 0.05) is 65.5 Å². The summed E-state index contributed by atoms with van der Waals surface area (Å²) < 4.78 is 0. The quantitative estimate of drug-likeness (QED) is 0.804. The summed E-state index contributed by atoms with van der Waals surface area (Å²) >= 11 is 0. The number of nitrogens with zero attached hydrogens (tertiary/aromatic N) is 6. The van der Waals surface area contributed by atoms with Crippen LogP contribution >= 0.6 is 0 Å². The number of piperazine rings is 1. The zero-order valence-corrected chi connectivity index (χ0v) is 15.6. The van der Waals surface area contributed by atoms with Crippen molar-refractivity contribution in [3.63, 3.8) is 0 Å². The fourth-order valence-electron chi connectivity index (χ4n) is 3.64. The molecule has 2 fully saturated rings. The second-order valence-electron chi connectivity index (χ2n) is 7.42. The highest BCUT2D eigenvalue weighted by atomic mass is 16.3. The van der Waals surface area contributed by atoms with E-state index in [1.165, 1.54) is 19.3 Å². The van der Waals surface area contributed by atoms with Crippen molar-refractivity contribution in [3.05, 3.63) is 12.4 Å². The summed E-state index contributed by atoms with van der Waals surface area (Å²) in [5.41, 5.74) is 0. The summed E-state index contributed by atoms with van der Waals surface area (Å²) in [7, 11) is 4.14. The Balaban J connectivity index is 1.52. The lowest BCUT2D eigenvalue weighted by Crippen LogP contribution is -2.48. The summed E-state index contributed by atoms with van der Waals surface area (Å²) in [6.07, 6.45) is 5.05. The molecule has 1 N–H and O–H groups in total. The first kappa shape index (κ1) is 18.4. The number of aliphatic hydroxyl groups is 1. The molecule has 3 rings (SSSR count). The van der Waals surface area contributed by atoms with Crippen molar-refractivity contribution in [1.82, 2.24) is 19.8 Å². The van der Waals surface area contributed by atoms with E-state index < -0.39 is 0 Å². The summed E-state index contributed by atoms with van der Waals surface area (Å²) in [5.74, 6) is 1.89.